The predicted octanol–water partition coefficient (Wildman–Crippen LogP) is 4.03. The standard InChI is InChI=1S/C17H20N2O/c1-3-12(2)13-7-9-16(10-8-13)19-17(20)14-5-4-6-15(18)11-14/h4-12H,3,18H2,1-2H3,(H,19,20). The molecule has 0 radical (unpaired) electrons. The number of nitrogen functional groups attached to an aromatic ring is 1. The Morgan fingerprint density at radius 3 is 2.50 bits per heavy atom. The van der Waals surface area contributed by atoms with Gasteiger partial charge in [0.15, 0.2) is 0 Å². The number of carbonyl (C=O) groups is 1. The van der Waals surface area contributed by atoms with Crippen LogP contribution in [0.5, 0.6) is 0 Å². The number of anilines is 2. The van der Waals surface area contributed by atoms with Gasteiger partial charge in [-0.3, -0.25) is 4.79 Å². The second-order valence-corrected chi connectivity index (χ2v) is 5.01. The maximum atomic E-state index is 12.1. The molecule has 0 aliphatic heterocycles. The van der Waals surface area contributed by atoms with Crippen molar-refractivity contribution in [2.45, 2.75) is 26.2 Å². The van der Waals surface area contributed by atoms with Gasteiger partial charge in [-0.25, -0.2) is 0 Å². The second kappa shape index (κ2) is 6.24. The summed E-state index contributed by atoms with van der Waals surface area (Å²) in [6.45, 7) is 4.36. The van der Waals surface area contributed by atoms with Crippen LogP contribution in [0.2, 0.25) is 0 Å². The molecule has 2 aromatic rings. The van der Waals surface area contributed by atoms with Crippen LogP contribution in [0.15, 0.2) is 48.5 Å². The summed E-state index contributed by atoms with van der Waals surface area (Å²) in [6, 6.07) is 14.9. The molecule has 2 rings (SSSR count). The first-order chi connectivity index (χ1) is 9.60. The number of amides is 1. The van der Waals surface area contributed by atoms with Gasteiger partial charge in [0.1, 0.15) is 0 Å². The van der Waals surface area contributed by atoms with E-state index in [0.29, 0.717) is 17.2 Å². The second-order valence-electron chi connectivity index (χ2n) is 5.01. The molecule has 20 heavy (non-hydrogen) atoms. The molecule has 3 N–H and O–H groups in total. The first-order valence-corrected chi connectivity index (χ1v) is 6.87. The van der Waals surface area contributed by atoms with Crippen LogP contribution in [0.4, 0.5) is 11.4 Å². The molecule has 104 valence electrons. The van der Waals surface area contributed by atoms with Gasteiger partial charge in [-0.15, -0.1) is 0 Å². The molecule has 0 spiro atoms. The van der Waals surface area contributed by atoms with Gasteiger partial charge in [-0.2, -0.15) is 0 Å². The Balaban J connectivity index is 2.08. The van der Waals surface area contributed by atoms with Crippen LogP contribution in [0.1, 0.15) is 42.1 Å². The molecule has 0 aliphatic rings. The Morgan fingerprint density at radius 1 is 1.20 bits per heavy atom. The van der Waals surface area contributed by atoms with E-state index >= 15 is 0 Å². The topological polar surface area (TPSA) is 55.1 Å². The molecule has 0 bridgehead atoms. The molecule has 0 saturated heterocycles. The van der Waals surface area contributed by atoms with E-state index in [4.69, 9.17) is 5.73 Å². The molecule has 0 fully saturated rings. The van der Waals surface area contributed by atoms with Gasteiger partial charge in [0.25, 0.3) is 5.91 Å². The van der Waals surface area contributed by atoms with Crippen LogP contribution in [-0.4, -0.2) is 5.91 Å². The van der Waals surface area contributed by atoms with Crippen LogP contribution in [0.25, 0.3) is 0 Å². The first kappa shape index (κ1) is 14.1. The number of nitrogens with one attached hydrogen (secondary N) is 1. The summed E-state index contributed by atoms with van der Waals surface area (Å²) in [5.74, 6) is 0.391. The fourth-order valence-electron chi connectivity index (χ4n) is 2.01. The summed E-state index contributed by atoms with van der Waals surface area (Å²) in [5.41, 5.74) is 8.91. The molecule has 3 heteroatoms. The summed E-state index contributed by atoms with van der Waals surface area (Å²) in [5, 5.41) is 2.88. The zero-order valence-electron chi connectivity index (χ0n) is 11.9. The number of nitrogens with two attached hydrogens (primary N) is 1. The minimum absolute atomic E-state index is 0.145. The molecule has 1 unspecified atom stereocenters. The Hall–Kier alpha value is -2.29. The van der Waals surface area contributed by atoms with E-state index in [9.17, 15) is 4.79 Å². The van der Waals surface area contributed by atoms with Crippen molar-refractivity contribution in [3.8, 4) is 0 Å². The highest BCUT2D eigenvalue weighted by Crippen LogP contribution is 2.20. The Labute approximate surface area is 119 Å². The minimum Gasteiger partial charge on any atom is -0.399 e. The fraction of sp³-hybridized carbons (Fsp3) is 0.235. The van der Waals surface area contributed by atoms with Crippen molar-refractivity contribution in [3.63, 3.8) is 0 Å². The highest BCUT2D eigenvalue weighted by Gasteiger charge is 2.07. The number of hydrogen-bond acceptors (Lipinski definition) is 2. The van der Waals surface area contributed by atoms with Gasteiger partial charge in [0, 0.05) is 16.9 Å². The number of carbonyl (C=O) groups excluding carboxylic acids is 1. The summed E-state index contributed by atoms with van der Waals surface area (Å²) in [4.78, 5) is 12.1. The molecule has 0 saturated carbocycles. The van der Waals surface area contributed by atoms with Crippen molar-refractivity contribution in [3.05, 3.63) is 59.7 Å². The third kappa shape index (κ3) is 3.38. The van der Waals surface area contributed by atoms with Gasteiger partial charge < -0.3 is 11.1 Å². The lowest BCUT2D eigenvalue weighted by Gasteiger charge is -2.10. The van der Waals surface area contributed by atoms with E-state index < -0.39 is 0 Å². The van der Waals surface area contributed by atoms with Crippen molar-refractivity contribution in [1.82, 2.24) is 0 Å². The summed E-state index contributed by atoms with van der Waals surface area (Å²) < 4.78 is 0. The molecule has 1 amide bonds. The number of hydrogen-bond donors (Lipinski definition) is 2. The van der Waals surface area contributed by atoms with Crippen molar-refractivity contribution in [2.24, 2.45) is 0 Å². The molecule has 2 aromatic carbocycles. The number of rotatable bonds is 4. The lowest BCUT2D eigenvalue weighted by molar-refractivity contribution is 0.102. The third-order valence-electron chi connectivity index (χ3n) is 3.50. The summed E-state index contributed by atoms with van der Waals surface area (Å²) >= 11 is 0. The van der Waals surface area contributed by atoms with Crippen molar-refractivity contribution < 1.29 is 4.79 Å². The van der Waals surface area contributed by atoms with E-state index in [1.807, 2.05) is 12.1 Å². The lowest BCUT2D eigenvalue weighted by atomic mass is 9.98. The Morgan fingerprint density at radius 2 is 1.90 bits per heavy atom. The van der Waals surface area contributed by atoms with Gasteiger partial charge in [-0.05, 0) is 48.2 Å². The Bertz CT molecular complexity index is 590. The van der Waals surface area contributed by atoms with Crippen molar-refractivity contribution in [2.75, 3.05) is 11.1 Å². The third-order valence-corrected chi connectivity index (χ3v) is 3.50. The minimum atomic E-state index is -0.145. The normalized spacial score (nSPS) is 11.9. The van der Waals surface area contributed by atoms with Gasteiger partial charge in [0.05, 0.1) is 0 Å². The monoisotopic (exact) mass is 268 g/mol. The molecule has 3 nitrogen and oxygen atoms in total. The zero-order chi connectivity index (χ0) is 14.5. The lowest BCUT2D eigenvalue weighted by Crippen LogP contribution is -2.12. The Kier molecular flexibility index (Phi) is 4.41. The predicted molar refractivity (Wildman–Crippen MR) is 84.0 cm³/mol. The average Bonchev–Trinajstić information content (AvgIpc) is 2.47. The molecule has 0 heterocycles. The highest BCUT2D eigenvalue weighted by molar-refractivity contribution is 6.04. The molecule has 1 atom stereocenters. The SMILES string of the molecule is CCC(C)c1ccc(NC(=O)c2cccc(N)c2)cc1. The molecule has 0 aromatic heterocycles. The van der Waals surface area contributed by atoms with Crippen LogP contribution in [0, 0.1) is 0 Å². The average molecular weight is 268 g/mol. The van der Waals surface area contributed by atoms with E-state index in [0.717, 1.165) is 12.1 Å². The van der Waals surface area contributed by atoms with Crippen molar-refractivity contribution in [1.29, 1.82) is 0 Å². The molecular formula is C17H20N2O. The van der Waals surface area contributed by atoms with Crippen LogP contribution in [0.3, 0.4) is 0 Å². The first-order valence-electron chi connectivity index (χ1n) is 6.87. The van der Waals surface area contributed by atoms with Gasteiger partial charge >= 0.3 is 0 Å². The van der Waals surface area contributed by atoms with E-state index in [1.54, 1.807) is 24.3 Å². The van der Waals surface area contributed by atoms with Gasteiger partial charge in [0.2, 0.25) is 0 Å². The van der Waals surface area contributed by atoms with Crippen LogP contribution < -0.4 is 11.1 Å². The maximum Gasteiger partial charge on any atom is 0.255 e. The van der Waals surface area contributed by atoms with Gasteiger partial charge in [-0.1, -0.05) is 32.0 Å². The maximum absolute atomic E-state index is 12.1. The summed E-state index contributed by atoms with van der Waals surface area (Å²) in [6.07, 6.45) is 1.11. The van der Waals surface area contributed by atoms with Crippen LogP contribution in [-0.2, 0) is 0 Å². The smallest absolute Gasteiger partial charge is 0.255 e. The highest BCUT2D eigenvalue weighted by atomic mass is 16.1. The quantitative estimate of drug-likeness (QED) is 0.822. The van der Waals surface area contributed by atoms with E-state index in [1.165, 1.54) is 5.56 Å². The number of benzene rings is 2. The molecule has 0 aliphatic carbocycles. The van der Waals surface area contributed by atoms with E-state index in [2.05, 4.69) is 31.3 Å². The largest absolute Gasteiger partial charge is 0.399 e. The van der Waals surface area contributed by atoms with Crippen molar-refractivity contribution >= 4 is 17.3 Å². The summed E-state index contributed by atoms with van der Waals surface area (Å²) in [7, 11) is 0. The van der Waals surface area contributed by atoms with Crippen LogP contribution >= 0.6 is 0 Å². The zero-order valence-corrected chi connectivity index (χ0v) is 11.9. The fourth-order valence-corrected chi connectivity index (χ4v) is 2.01. The molecular weight excluding hydrogens is 248 g/mol. The van der Waals surface area contributed by atoms with E-state index in [-0.39, 0.29) is 5.91 Å².